The first kappa shape index (κ1) is 16.3. The average molecular weight is 288 g/mol. The number of nitrogens with one attached hydrogen (secondary N) is 2. The van der Waals surface area contributed by atoms with Crippen LogP contribution < -0.4 is 10.6 Å². The minimum atomic E-state index is -4.45. The number of anilines is 1. The van der Waals surface area contributed by atoms with Gasteiger partial charge in [0.15, 0.2) is 0 Å². The molecule has 112 valence electrons. The molecule has 1 aromatic carbocycles. The molecule has 0 saturated carbocycles. The summed E-state index contributed by atoms with van der Waals surface area (Å²) in [5.41, 5.74) is -0.866. The summed E-state index contributed by atoms with van der Waals surface area (Å²) in [7, 11) is 0. The highest BCUT2D eigenvalue weighted by atomic mass is 19.4. The molecule has 0 saturated heterocycles. The molecule has 0 aromatic heterocycles. The Balaban J connectivity index is 2.81. The third-order valence-electron chi connectivity index (χ3n) is 3.00. The topological polar surface area (TPSA) is 41.1 Å². The summed E-state index contributed by atoms with van der Waals surface area (Å²) in [4.78, 5) is 11.8. The van der Waals surface area contributed by atoms with E-state index in [4.69, 9.17) is 0 Å². The maximum absolute atomic E-state index is 12.8. The number of hydrogen-bond donors (Lipinski definition) is 2. The molecule has 6 heteroatoms. The van der Waals surface area contributed by atoms with Crippen molar-refractivity contribution in [2.45, 2.75) is 45.5 Å². The van der Waals surface area contributed by atoms with Gasteiger partial charge in [0.25, 0.3) is 0 Å². The van der Waals surface area contributed by atoms with Crippen LogP contribution in [0.3, 0.4) is 0 Å². The average Bonchev–Trinajstić information content (AvgIpc) is 2.37. The predicted octanol–water partition coefficient (Wildman–Crippen LogP) is 3.42. The van der Waals surface area contributed by atoms with E-state index in [0.717, 1.165) is 12.5 Å². The molecule has 2 atom stereocenters. The fraction of sp³-hybridized carbons (Fsp3) is 0.500. The Bertz CT molecular complexity index is 460. The van der Waals surface area contributed by atoms with Gasteiger partial charge >= 0.3 is 6.18 Å². The largest absolute Gasteiger partial charge is 0.418 e. The smallest absolute Gasteiger partial charge is 0.373 e. The first-order valence-corrected chi connectivity index (χ1v) is 6.48. The fourth-order valence-corrected chi connectivity index (χ4v) is 1.62. The molecule has 1 rings (SSSR count). The highest BCUT2D eigenvalue weighted by Gasteiger charge is 2.33. The maximum Gasteiger partial charge on any atom is 0.418 e. The van der Waals surface area contributed by atoms with E-state index in [1.165, 1.54) is 25.1 Å². The lowest BCUT2D eigenvalue weighted by Crippen LogP contribution is -2.42. The van der Waals surface area contributed by atoms with Gasteiger partial charge in [0, 0.05) is 11.7 Å². The van der Waals surface area contributed by atoms with E-state index in [2.05, 4.69) is 10.6 Å². The molecule has 1 amide bonds. The normalized spacial score (nSPS) is 14.5. The van der Waals surface area contributed by atoms with Crippen molar-refractivity contribution in [1.82, 2.24) is 5.32 Å². The van der Waals surface area contributed by atoms with Gasteiger partial charge in [0.05, 0.1) is 5.56 Å². The van der Waals surface area contributed by atoms with E-state index in [1.54, 1.807) is 0 Å². The van der Waals surface area contributed by atoms with Crippen molar-refractivity contribution in [2.75, 3.05) is 5.32 Å². The second-order valence-electron chi connectivity index (χ2n) is 4.73. The van der Waals surface area contributed by atoms with E-state index in [-0.39, 0.29) is 17.6 Å². The number of benzene rings is 1. The standard InChI is InChI=1S/C14H19F3N2O/c1-4-9(2)18-13(20)10(3)19-12-8-6-5-7-11(12)14(15,16)17/h5-10,19H,4H2,1-3H3,(H,18,20). The molecule has 2 N–H and O–H groups in total. The highest BCUT2D eigenvalue weighted by Crippen LogP contribution is 2.34. The summed E-state index contributed by atoms with van der Waals surface area (Å²) in [6.07, 6.45) is -3.69. The molecule has 0 bridgehead atoms. The number of carbonyl (C=O) groups is 1. The lowest BCUT2D eigenvalue weighted by Gasteiger charge is -2.20. The van der Waals surface area contributed by atoms with Crippen LogP contribution in [-0.4, -0.2) is 18.0 Å². The highest BCUT2D eigenvalue weighted by molar-refractivity contribution is 5.84. The third-order valence-corrected chi connectivity index (χ3v) is 3.00. The Labute approximate surface area is 116 Å². The Hall–Kier alpha value is -1.72. The van der Waals surface area contributed by atoms with Gasteiger partial charge in [-0.25, -0.2) is 0 Å². The molecule has 0 aliphatic heterocycles. The van der Waals surface area contributed by atoms with E-state index in [0.29, 0.717) is 0 Å². The van der Waals surface area contributed by atoms with Crippen molar-refractivity contribution >= 4 is 11.6 Å². The molecule has 0 heterocycles. The van der Waals surface area contributed by atoms with E-state index in [1.807, 2.05) is 13.8 Å². The molecule has 0 aliphatic carbocycles. The van der Waals surface area contributed by atoms with Crippen molar-refractivity contribution in [1.29, 1.82) is 0 Å². The van der Waals surface area contributed by atoms with Gasteiger partial charge in [0.1, 0.15) is 6.04 Å². The molecular formula is C14H19F3N2O. The Morgan fingerprint density at radius 1 is 1.25 bits per heavy atom. The molecule has 20 heavy (non-hydrogen) atoms. The van der Waals surface area contributed by atoms with E-state index >= 15 is 0 Å². The molecular weight excluding hydrogens is 269 g/mol. The summed E-state index contributed by atoms with van der Waals surface area (Å²) >= 11 is 0. The number of amides is 1. The monoisotopic (exact) mass is 288 g/mol. The van der Waals surface area contributed by atoms with E-state index < -0.39 is 17.8 Å². The van der Waals surface area contributed by atoms with Gasteiger partial charge in [-0.05, 0) is 32.4 Å². The number of alkyl halides is 3. The molecule has 3 nitrogen and oxygen atoms in total. The van der Waals surface area contributed by atoms with Crippen LogP contribution in [0.25, 0.3) is 0 Å². The number of carbonyl (C=O) groups excluding carboxylic acids is 1. The molecule has 0 fully saturated rings. The van der Waals surface area contributed by atoms with Crippen molar-refractivity contribution in [3.05, 3.63) is 29.8 Å². The molecule has 0 spiro atoms. The third kappa shape index (κ3) is 4.43. The quantitative estimate of drug-likeness (QED) is 0.871. The first-order chi connectivity index (χ1) is 9.25. The minimum Gasteiger partial charge on any atom is -0.373 e. The summed E-state index contributed by atoms with van der Waals surface area (Å²) < 4.78 is 38.5. The van der Waals surface area contributed by atoms with Crippen LogP contribution in [0.2, 0.25) is 0 Å². The van der Waals surface area contributed by atoms with Gasteiger partial charge < -0.3 is 10.6 Å². The van der Waals surface area contributed by atoms with Crippen molar-refractivity contribution in [3.8, 4) is 0 Å². The molecule has 0 aliphatic rings. The Morgan fingerprint density at radius 3 is 2.40 bits per heavy atom. The Kier molecular flexibility index (Phi) is 5.42. The van der Waals surface area contributed by atoms with Crippen molar-refractivity contribution < 1.29 is 18.0 Å². The zero-order valence-electron chi connectivity index (χ0n) is 11.7. The first-order valence-electron chi connectivity index (χ1n) is 6.48. The van der Waals surface area contributed by atoms with Crippen molar-refractivity contribution in [3.63, 3.8) is 0 Å². The fourth-order valence-electron chi connectivity index (χ4n) is 1.62. The van der Waals surface area contributed by atoms with Crippen LogP contribution in [0, 0.1) is 0 Å². The van der Waals surface area contributed by atoms with Crippen LogP contribution in [-0.2, 0) is 11.0 Å². The number of halogens is 3. The SMILES string of the molecule is CCC(C)NC(=O)C(C)Nc1ccccc1C(F)(F)F. The van der Waals surface area contributed by atoms with Crippen molar-refractivity contribution in [2.24, 2.45) is 0 Å². The second-order valence-corrected chi connectivity index (χ2v) is 4.73. The zero-order chi connectivity index (χ0) is 15.3. The lowest BCUT2D eigenvalue weighted by atomic mass is 10.1. The molecule has 2 unspecified atom stereocenters. The minimum absolute atomic E-state index is 0.00962. The zero-order valence-corrected chi connectivity index (χ0v) is 11.7. The molecule has 0 radical (unpaired) electrons. The van der Waals surface area contributed by atoms with Gasteiger partial charge in [-0.2, -0.15) is 13.2 Å². The summed E-state index contributed by atoms with van der Waals surface area (Å²) in [6.45, 7) is 5.29. The van der Waals surface area contributed by atoms with Crippen LogP contribution in [0.5, 0.6) is 0 Å². The van der Waals surface area contributed by atoms with Crippen LogP contribution in [0.1, 0.15) is 32.8 Å². The van der Waals surface area contributed by atoms with Crippen LogP contribution in [0.15, 0.2) is 24.3 Å². The van der Waals surface area contributed by atoms with Gasteiger partial charge in [-0.3, -0.25) is 4.79 Å². The second kappa shape index (κ2) is 6.63. The van der Waals surface area contributed by atoms with Crippen LogP contribution in [0.4, 0.5) is 18.9 Å². The van der Waals surface area contributed by atoms with Crippen LogP contribution >= 0.6 is 0 Å². The predicted molar refractivity (Wildman–Crippen MR) is 72.4 cm³/mol. The van der Waals surface area contributed by atoms with Gasteiger partial charge in [-0.15, -0.1) is 0 Å². The van der Waals surface area contributed by atoms with Gasteiger partial charge in [-0.1, -0.05) is 19.1 Å². The summed E-state index contributed by atoms with van der Waals surface area (Å²) in [5.74, 6) is -0.323. The maximum atomic E-state index is 12.8. The van der Waals surface area contributed by atoms with E-state index in [9.17, 15) is 18.0 Å². The Morgan fingerprint density at radius 2 is 1.85 bits per heavy atom. The lowest BCUT2D eigenvalue weighted by molar-refractivity contribution is -0.137. The number of hydrogen-bond acceptors (Lipinski definition) is 2. The van der Waals surface area contributed by atoms with Gasteiger partial charge in [0.2, 0.25) is 5.91 Å². The molecule has 1 aromatic rings. The summed E-state index contributed by atoms with van der Waals surface area (Å²) in [5, 5.41) is 5.34. The number of para-hydroxylation sites is 1. The number of rotatable bonds is 5. The summed E-state index contributed by atoms with van der Waals surface area (Å²) in [6, 6.07) is 4.36.